The normalized spacial score (nSPS) is 15.1. The fourth-order valence-corrected chi connectivity index (χ4v) is 2.53. The van der Waals surface area contributed by atoms with Crippen LogP contribution in [-0.4, -0.2) is 43.5 Å². The maximum absolute atomic E-state index is 12.1. The molecule has 3 rings (SSSR count). The zero-order chi connectivity index (χ0) is 15.9. The summed E-state index contributed by atoms with van der Waals surface area (Å²) in [5, 5.41) is 6.21. The predicted molar refractivity (Wildman–Crippen MR) is 90.9 cm³/mol. The number of nitrogens with zero attached hydrogens (tertiary/aromatic N) is 1. The molecule has 0 radical (unpaired) electrons. The highest BCUT2D eigenvalue weighted by molar-refractivity contribution is 5.92. The molecule has 0 aliphatic carbocycles. The van der Waals surface area contributed by atoms with Crippen LogP contribution >= 0.6 is 0 Å². The number of hydrogen-bond donors (Lipinski definition) is 2. The van der Waals surface area contributed by atoms with Crippen molar-refractivity contribution in [2.75, 3.05) is 38.0 Å². The third-order valence-electron chi connectivity index (χ3n) is 3.67. The highest BCUT2D eigenvalue weighted by atomic mass is 16.5. The van der Waals surface area contributed by atoms with Crippen LogP contribution in [0.1, 0.15) is 0 Å². The highest BCUT2D eigenvalue weighted by Gasteiger charge is 2.13. The Morgan fingerprint density at radius 3 is 2.57 bits per heavy atom. The predicted octanol–water partition coefficient (Wildman–Crippen LogP) is 2.32. The number of hydrogen-bond acceptors (Lipinski definition) is 4. The molecule has 1 amide bonds. The molecule has 120 valence electrons. The third kappa shape index (κ3) is 4.81. The number of ether oxygens (including phenoxy) is 1. The Morgan fingerprint density at radius 2 is 1.78 bits per heavy atom. The summed E-state index contributed by atoms with van der Waals surface area (Å²) in [7, 11) is 0. The Balaban J connectivity index is 1.57. The maximum Gasteiger partial charge on any atom is 0.238 e. The van der Waals surface area contributed by atoms with E-state index in [1.807, 2.05) is 54.6 Å². The van der Waals surface area contributed by atoms with Crippen molar-refractivity contribution in [1.82, 2.24) is 10.2 Å². The van der Waals surface area contributed by atoms with Crippen molar-refractivity contribution in [3.05, 3.63) is 54.6 Å². The lowest BCUT2D eigenvalue weighted by Crippen LogP contribution is -2.46. The lowest BCUT2D eigenvalue weighted by Gasteiger charge is -2.26. The number of rotatable bonds is 5. The molecule has 23 heavy (non-hydrogen) atoms. The van der Waals surface area contributed by atoms with Crippen molar-refractivity contribution in [3.8, 4) is 11.5 Å². The van der Waals surface area contributed by atoms with Crippen LogP contribution in [0.4, 0.5) is 5.69 Å². The van der Waals surface area contributed by atoms with Gasteiger partial charge in [-0.1, -0.05) is 24.3 Å². The lowest BCUT2D eigenvalue weighted by atomic mass is 10.3. The number of piperazine rings is 1. The minimum absolute atomic E-state index is 0.00348. The Hall–Kier alpha value is -2.37. The van der Waals surface area contributed by atoms with E-state index in [-0.39, 0.29) is 5.91 Å². The van der Waals surface area contributed by atoms with Crippen LogP contribution in [0.3, 0.4) is 0 Å². The second-order valence-electron chi connectivity index (χ2n) is 5.52. The molecule has 2 aromatic carbocycles. The van der Waals surface area contributed by atoms with Crippen molar-refractivity contribution < 1.29 is 9.53 Å². The molecule has 1 aliphatic rings. The molecule has 1 aliphatic heterocycles. The molecule has 5 nitrogen and oxygen atoms in total. The second-order valence-corrected chi connectivity index (χ2v) is 5.52. The van der Waals surface area contributed by atoms with Gasteiger partial charge in [0.15, 0.2) is 0 Å². The first-order valence-electron chi connectivity index (χ1n) is 7.85. The van der Waals surface area contributed by atoms with Crippen LogP contribution in [0.2, 0.25) is 0 Å². The monoisotopic (exact) mass is 311 g/mol. The van der Waals surface area contributed by atoms with Gasteiger partial charge < -0.3 is 15.4 Å². The molecule has 2 N–H and O–H groups in total. The molecular formula is C18H21N3O2. The molecule has 5 heteroatoms. The van der Waals surface area contributed by atoms with Gasteiger partial charge in [0.2, 0.25) is 5.91 Å². The standard InChI is InChI=1S/C18H21N3O2/c22-18(14-21-11-9-19-10-12-21)20-15-5-4-8-17(13-15)23-16-6-2-1-3-7-16/h1-8,13,19H,9-12,14H2,(H,20,22). The summed E-state index contributed by atoms with van der Waals surface area (Å²) in [5.41, 5.74) is 0.749. The summed E-state index contributed by atoms with van der Waals surface area (Å²) >= 11 is 0. The molecule has 0 atom stereocenters. The minimum atomic E-state index is 0.00348. The van der Waals surface area contributed by atoms with E-state index in [1.54, 1.807) is 0 Å². The molecule has 0 bridgehead atoms. The molecule has 0 saturated carbocycles. The van der Waals surface area contributed by atoms with Gasteiger partial charge in [0.05, 0.1) is 6.54 Å². The number of benzene rings is 2. The van der Waals surface area contributed by atoms with Gasteiger partial charge in [-0.3, -0.25) is 9.69 Å². The average molecular weight is 311 g/mol. The van der Waals surface area contributed by atoms with Crippen LogP contribution in [0, 0.1) is 0 Å². The van der Waals surface area contributed by atoms with E-state index in [0.29, 0.717) is 12.3 Å². The van der Waals surface area contributed by atoms with Gasteiger partial charge in [-0.2, -0.15) is 0 Å². The molecule has 1 fully saturated rings. The minimum Gasteiger partial charge on any atom is -0.457 e. The molecule has 1 heterocycles. The zero-order valence-corrected chi connectivity index (χ0v) is 13.0. The molecule has 0 unspecified atom stereocenters. The fraction of sp³-hybridized carbons (Fsp3) is 0.278. The average Bonchev–Trinajstić information content (AvgIpc) is 2.57. The van der Waals surface area contributed by atoms with Crippen LogP contribution in [0.15, 0.2) is 54.6 Å². The van der Waals surface area contributed by atoms with Crippen molar-refractivity contribution in [3.63, 3.8) is 0 Å². The SMILES string of the molecule is O=C(CN1CCNCC1)Nc1cccc(Oc2ccccc2)c1. The summed E-state index contributed by atoms with van der Waals surface area (Å²) in [6.07, 6.45) is 0. The van der Waals surface area contributed by atoms with Gasteiger partial charge in [-0.05, 0) is 24.3 Å². The summed E-state index contributed by atoms with van der Waals surface area (Å²) < 4.78 is 5.78. The third-order valence-corrected chi connectivity index (χ3v) is 3.67. The number of carbonyl (C=O) groups is 1. The molecule has 2 aromatic rings. The first-order valence-corrected chi connectivity index (χ1v) is 7.85. The molecular weight excluding hydrogens is 290 g/mol. The topological polar surface area (TPSA) is 53.6 Å². The number of amides is 1. The number of nitrogens with one attached hydrogen (secondary N) is 2. The van der Waals surface area contributed by atoms with E-state index in [2.05, 4.69) is 15.5 Å². The summed E-state index contributed by atoms with van der Waals surface area (Å²) in [5.74, 6) is 1.48. The number of anilines is 1. The van der Waals surface area contributed by atoms with Crippen LogP contribution in [0.25, 0.3) is 0 Å². The van der Waals surface area contributed by atoms with Gasteiger partial charge in [0, 0.05) is 37.9 Å². The van der Waals surface area contributed by atoms with Crippen molar-refractivity contribution in [2.24, 2.45) is 0 Å². The highest BCUT2D eigenvalue weighted by Crippen LogP contribution is 2.23. The van der Waals surface area contributed by atoms with E-state index >= 15 is 0 Å². The van der Waals surface area contributed by atoms with E-state index in [4.69, 9.17) is 4.74 Å². The summed E-state index contributed by atoms with van der Waals surface area (Å²) in [4.78, 5) is 14.3. The van der Waals surface area contributed by atoms with Gasteiger partial charge in [0.25, 0.3) is 0 Å². The Bertz CT molecular complexity index is 640. The Kier molecular flexibility index (Phi) is 5.24. The van der Waals surface area contributed by atoms with E-state index < -0.39 is 0 Å². The largest absolute Gasteiger partial charge is 0.457 e. The second kappa shape index (κ2) is 7.76. The fourth-order valence-electron chi connectivity index (χ4n) is 2.53. The molecule has 1 saturated heterocycles. The van der Waals surface area contributed by atoms with Gasteiger partial charge in [-0.25, -0.2) is 0 Å². The zero-order valence-electron chi connectivity index (χ0n) is 13.0. The van der Waals surface area contributed by atoms with E-state index in [1.165, 1.54) is 0 Å². The van der Waals surface area contributed by atoms with Gasteiger partial charge in [0.1, 0.15) is 11.5 Å². The first-order chi connectivity index (χ1) is 11.3. The molecule has 0 spiro atoms. The Morgan fingerprint density at radius 1 is 1.04 bits per heavy atom. The van der Waals surface area contributed by atoms with Gasteiger partial charge in [-0.15, -0.1) is 0 Å². The Labute approximate surface area is 136 Å². The first kappa shape index (κ1) is 15.5. The number of para-hydroxylation sites is 1. The van der Waals surface area contributed by atoms with E-state index in [0.717, 1.165) is 37.6 Å². The van der Waals surface area contributed by atoms with E-state index in [9.17, 15) is 4.79 Å². The quantitative estimate of drug-likeness (QED) is 0.890. The maximum atomic E-state index is 12.1. The number of carbonyl (C=O) groups excluding carboxylic acids is 1. The molecule has 0 aromatic heterocycles. The summed E-state index contributed by atoms with van der Waals surface area (Å²) in [6.45, 7) is 4.11. The lowest BCUT2D eigenvalue weighted by molar-refractivity contribution is -0.117. The summed E-state index contributed by atoms with van der Waals surface area (Å²) in [6, 6.07) is 17.0. The van der Waals surface area contributed by atoms with Crippen molar-refractivity contribution >= 4 is 11.6 Å². The van der Waals surface area contributed by atoms with Crippen LogP contribution in [-0.2, 0) is 4.79 Å². The van der Waals surface area contributed by atoms with Gasteiger partial charge >= 0.3 is 0 Å². The smallest absolute Gasteiger partial charge is 0.238 e. The van der Waals surface area contributed by atoms with Crippen molar-refractivity contribution in [2.45, 2.75) is 0 Å². The van der Waals surface area contributed by atoms with Crippen LogP contribution < -0.4 is 15.4 Å². The van der Waals surface area contributed by atoms with Crippen molar-refractivity contribution in [1.29, 1.82) is 0 Å². The van der Waals surface area contributed by atoms with Crippen LogP contribution in [0.5, 0.6) is 11.5 Å².